The molecule has 1 aromatic carbocycles. The number of guanidine groups is 1. The van der Waals surface area contributed by atoms with Crippen LogP contribution in [0, 0.1) is 5.82 Å². The second-order valence-corrected chi connectivity index (χ2v) is 4.78. The molecule has 1 saturated heterocycles. The van der Waals surface area contributed by atoms with Crippen molar-refractivity contribution in [2.24, 2.45) is 4.99 Å². The fourth-order valence-electron chi connectivity index (χ4n) is 2.40. The van der Waals surface area contributed by atoms with Crippen molar-refractivity contribution in [1.29, 1.82) is 0 Å². The number of nitrogens with one attached hydrogen (secondary N) is 1. The average Bonchev–Trinajstić information content (AvgIpc) is 2.48. The number of halogens is 1. The molecule has 5 heteroatoms. The second kappa shape index (κ2) is 7.12. The number of aliphatic imine (C=N–C) groups is 1. The van der Waals surface area contributed by atoms with Crippen molar-refractivity contribution < 1.29 is 4.39 Å². The van der Waals surface area contributed by atoms with Crippen LogP contribution in [0.5, 0.6) is 0 Å². The van der Waals surface area contributed by atoms with Gasteiger partial charge in [0.05, 0.1) is 0 Å². The molecule has 0 saturated carbocycles. The quantitative estimate of drug-likeness (QED) is 0.677. The molecule has 0 unspecified atom stereocenters. The molecule has 1 N–H and O–H groups in total. The van der Waals surface area contributed by atoms with Crippen LogP contribution in [-0.4, -0.2) is 50.1 Å². The Morgan fingerprint density at radius 3 is 2.35 bits per heavy atom. The van der Waals surface area contributed by atoms with Crippen molar-refractivity contribution >= 4 is 11.6 Å². The van der Waals surface area contributed by atoms with E-state index < -0.39 is 0 Å². The molecule has 2 rings (SSSR count). The Balaban J connectivity index is 1.94. The van der Waals surface area contributed by atoms with Gasteiger partial charge in [-0.3, -0.25) is 4.99 Å². The zero-order valence-corrected chi connectivity index (χ0v) is 12.3. The van der Waals surface area contributed by atoms with Gasteiger partial charge in [0.1, 0.15) is 5.82 Å². The summed E-state index contributed by atoms with van der Waals surface area (Å²) in [5.41, 5.74) is 1.09. The summed E-state index contributed by atoms with van der Waals surface area (Å²) in [5, 5.41) is 3.32. The van der Waals surface area contributed by atoms with Gasteiger partial charge in [-0.1, -0.05) is 0 Å². The fourth-order valence-corrected chi connectivity index (χ4v) is 2.40. The van der Waals surface area contributed by atoms with Crippen LogP contribution < -0.4 is 10.2 Å². The lowest BCUT2D eigenvalue weighted by Gasteiger charge is -2.37. The Labute approximate surface area is 120 Å². The van der Waals surface area contributed by atoms with E-state index in [4.69, 9.17) is 0 Å². The number of anilines is 1. The molecule has 0 radical (unpaired) electrons. The Hall–Kier alpha value is -1.78. The van der Waals surface area contributed by atoms with Gasteiger partial charge in [-0.05, 0) is 38.1 Å². The van der Waals surface area contributed by atoms with Gasteiger partial charge in [0, 0.05) is 45.0 Å². The van der Waals surface area contributed by atoms with E-state index >= 15 is 0 Å². The van der Waals surface area contributed by atoms with Gasteiger partial charge in [0.25, 0.3) is 0 Å². The standard InChI is InChI=1S/C15H23FN4/c1-3-17-15(18-4-2)20-11-9-19(10-12-20)14-7-5-13(16)6-8-14/h5-8H,3-4,9-12H2,1-2H3,(H,17,18). The third kappa shape index (κ3) is 3.62. The highest BCUT2D eigenvalue weighted by atomic mass is 19.1. The molecule has 1 heterocycles. The molecular formula is C15H23FN4. The number of rotatable bonds is 3. The highest BCUT2D eigenvalue weighted by Gasteiger charge is 2.19. The number of hydrogen-bond acceptors (Lipinski definition) is 2. The zero-order valence-electron chi connectivity index (χ0n) is 12.3. The topological polar surface area (TPSA) is 30.9 Å². The van der Waals surface area contributed by atoms with Crippen LogP contribution in [0.1, 0.15) is 13.8 Å². The first-order valence-electron chi connectivity index (χ1n) is 7.28. The largest absolute Gasteiger partial charge is 0.368 e. The molecule has 1 fully saturated rings. The highest BCUT2D eigenvalue weighted by Crippen LogP contribution is 2.16. The molecule has 4 nitrogen and oxygen atoms in total. The third-order valence-electron chi connectivity index (χ3n) is 3.41. The lowest BCUT2D eigenvalue weighted by Crippen LogP contribution is -2.52. The molecule has 110 valence electrons. The number of benzene rings is 1. The predicted molar refractivity (Wildman–Crippen MR) is 81.8 cm³/mol. The lowest BCUT2D eigenvalue weighted by molar-refractivity contribution is 0.373. The van der Waals surface area contributed by atoms with Gasteiger partial charge < -0.3 is 15.1 Å². The van der Waals surface area contributed by atoms with E-state index in [0.717, 1.165) is 50.9 Å². The summed E-state index contributed by atoms with van der Waals surface area (Å²) in [6, 6.07) is 6.72. The molecule has 0 amide bonds. The molecular weight excluding hydrogens is 255 g/mol. The summed E-state index contributed by atoms with van der Waals surface area (Å²) in [6.45, 7) is 9.54. The van der Waals surface area contributed by atoms with E-state index in [-0.39, 0.29) is 5.82 Å². The second-order valence-electron chi connectivity index (χ2n) is 4.78. The SMILES string of the molecule is CCN=C(NCC)N1CCN(c2ccc(F)cc2)CC1. The van der Waals surface area contributed by atoms with Gasteiger partial charge in [-0.15, -0.1) is 0 Å². The first kappa shape index (κ1) is 14.6. The number of nitrogens with zero attached hydrogens (tertiary/aromatic N) is 3. The first-order chi connectivity index (χ1) is 9.74. The minimum Gasteiger partial charge on any atom is -0.368 e. The van der Waals surface area contributed by atoms with E-state index in [1.807, 2.05) is 19.1 Å². The average molecular weight is 278 g/mol. The summed E-state index contributed by atoms with van der Waals surface area (Å²) in [5.74, 6) is 0.811. The van der Waals surface area contributed by atoms with Gasteiger partial charge in [-0.2, -0.15) is 0 Å². The zero-order chi connectivity index (χ0) is 14.4. The minimum absolute atomic E-state index is 0.183. The first-order valence-corrected chi connectivity index (χ1v) is 7.28. The van der Waals surface area contributed by atoms with Crippen molar-refractivity contribution in [3.63, 3.8) is 0 Å². The van der Waals surface area contributed by atoms with E-state index in [0.29, 0.717) is 0 Å². The van der Waals surface area contributed by atoms with Crippen LogP contribution in [0.3, 0.4) is 0 Å². The van der Waals surface area contributed by atoms with Crippen LogP contribution in [0.25, 0.3) is 0 Å². The van der Waals surface area contributed by atoms with E-state index in [1.54, 1.807) is 0 Å². The minimum atomic E-state index is -0.183. The normalized spacial score (nSPS) is 16.4. The summed E-state index contributed by atoms with van der Waals surface area (Å²) in [4.78, 5) is 9.08. The number of hydrogen-bond donors (Lipinski definition) is 1. The van der Waals surface area contributed by atoms with E-state index in [9.17, 15) is 4.39 Å². The molecule has 1 aliphatic rings. The van der Waals surface area contributed by atoms with Crippen molar-refractivity contribution in [2.45, 2.75) is 13.8 Å². The predicted octanol–water partition coefficient (Wildman–Crippen LogP) is 1.93. The van der Waals surface area contributed by atoms with Crippen LogP contribution in [0.4, 0.5) is 10.1 Å². The highest BCUT2D eigenvalue weighted by molar-refractivity contribution is 5.80. The molecule has 0 bridgehead atoms. The molecule has 0 atom stereocenters. The molecule has 1 aromatic rings. The van der Waals surface area contributed by atoms with Gasteiger partial charge in [0.2, 0.25) is 0 Å². The van der Waals surface area contributed by atoms with Gasteiger partial charge in [-0.25, -0.2) is 4.39 Å². The third-order valence-corrected chi connectivity index (χ3v) is 3.41. The lowest BCUT2D eigenvalue weighted by atomic mass is 10.2. The summed E-state index contributed by atoms with van der Waals surface area (Å²) < 4.78 is 12.9. The Morgan fingerprint density at radius 1 is 1.15 bits per heavy atom. The fraction of sp³-hybridized carbons (Fsp3) is 0.533. The molecule has 20 heavy (non-hydrogen) atoms. The van der Waals surface area contributed by atoms with Crippen molar-refractivity contribution in [2.75, 3.05) is 44.2 Å². The smallest absolute Gasteiger partial charge is 0.194 e. The maximum absolute atomic E-state index is 12.9. The molecule has 0 aromatic heterocycles. The monoisotopic (exact) mass is 278 g/mol. The Morgan fingerprint density at radius 2 is 1.80 bits per heavy atom. The Bertz CT molecular complexity index is 436. The van der Waals surface area contributed by atoms with Crippen LogP contribution in [-0.2, 0) is 0 Å². The Kier molecular flexibility index (Phi) is 5.21. The maximum Gasteiger partial charge on any atom is 0.194 e. The van der Waals surface area contributed by atoms with Gasteiger partial charge in [0.15, 0.2) is 5.96 Å². The van der Waals surface area contributed by atoms with Crippen LogP contribution in [0.15, 0.2) is 29.3 Å². The number of piperazine rings is 1. The van der Waals surface area contributed by atoms with Crippen molar-refractivity contribution in [3.8, 4) is 0 Å². The molecule has 0 spiro atoms. The van der Waals surface area contributed by atoms with Crippen LogP contribution >= 0.6 is 0 Å². The maximum atomic E-state index is 12.9. The van der Waals surface area contributed by atoms with Crippen molar-refractivity contribution in [1.82, 2.24) is 10.2 Å². The molecule has 0 aliphatic carbocycles. The van der Waals surface area contributed by atoms with E-state index in [1.165, 1.54) is 12.1 Å². The van der Waals surface area contributed by atoms with E-state index in [2.05, 4.69) is 27.0 Å². The van der Waals surface area contributed by atoms with Crippen LogP contribution in [0.2, 0.25) is 0 Å². The summed E-state index contributed by atoms with van der Waals surface area (Å²) in [7, 11) is 0. The van der Waals surface area contributed by atoms with Crippen molar-refractivity contribution in [3.05, 3.63) is 30.1 Å². The molecule has 1 aliphatic heterocycles. The van der Waals surface area contributed by atoms with Gasteiger partial charge >= 0.3 is 0 Å². The summed E-state index contributed by atoms with van der Waals surface area (Å²) in [6.07, 6.45) is 0. The summed E-state index contributed by atoms with van der Waals surface area (Å²) >= 11 is 0.